The number of aryl methyl sites for hydroxylation is 1. The number of hydrogen-bond acceptors (Lipinski definition) is 4. The van der Waals surface area contributed by atoms with Crippen molar-refractivity contribution < 1.29 is 19.1 Å². The number of ether oxygens (including phenoxy) is 2. The summed E-state index contributed by atoms with van der Waals surface area (Å²) in [7, 11) is 1.65. The Morgan fingerprint density at radius 2 is 2.15 bits per heavy atom. The Kier molecular flexibility index (Phi) is 5.65. The lowest BCUT2D eigenvalue weighted by atomic mass is 10.1. The maximum absolute atomic E-state index is 12.1. The van der Waals surface area contributed by atoms with Gasteiger partial charge in [-0.05, 0) is 30.5 Å². The van der Waals surface area contributed by atoms with Crippen molar-refractivity contribution in [1.82, 2.24) is 15.1 Å². The van der Waals surface area contributed by atoms with E-state index in [4.69, 9.17) is 9.47 Å². The van der Waals surface area contributed by atoms with E-state index in [9.17, 15) is 9.59 Å². The van der Waals surface area contributed by atoms with Crippen LogP contribution in [-0.2, 0) is 11.2 Å². The van der Waals surface area contributed by atoms with E-state index in [2.05, 4.69) is 11.9 Å². The molecule has 3 rings (SSSR count). The molecule has 0 aromatic heterocycles. The molecular weight excluding hydrogens is 334 g/mol. The fraction of sp³-hybridized carbons (Fsp3) is 0.474. The molecule has 2 saturated heterocycles. The second-order valence-electron chi connectivity index (χ2n) is 6.51. The molecule has 2 aliphatic rings. The van der Waals surface area contributed by atoms with Crippen molar-refractivity contribution in [3.63, 3.8) is 0 Å². The number of carbonyl (C=O) groups excluding carboxylic acids is 2. The lowest BCUT2D eigenvalue weighted by Gasteiger charge is -2.22. The quantitative estimate of drug-likeness (QED) is 0.756. The largest absolute Gasteiger partial charge is 0.497 e. The van der Waals surface area contributed by atoms with Crippen molar-refractivity contribution in [1.29, 1.82) is 0 Å². The first-order chi connectivity index (χ1) is 12.6. The van der Waals surface area contributed by atoms with Crippen molar-refractivity contribution >= 4 is 12.1 Å². The number of methoxy groups -OCH3 is 1. The van der Waals surface area contributed by atoms with Gasteiger partial charge in [0.15, 0.2) is 0 Å². The summed E-state index contributed by atoms with van der Waals surface area (Å²) in [5, 5.41) is 2.76. The summed E-state index contributed by atoms with van der Waals surface area (Å²) in [6.07, 6.45) is 2.83. The van der Waals surface area contributed by atoms with E-state index in [0.29, 0.717) is 26.2 Å². The van der Waals surface area contributed by atoms with Gasteiger partial charge in [0.25, 0.3) is 0 Å². The number of nitrogens with zero attached hydrogens (tertiary/aromatic N) is 2. The van der Waals surface area contributed by atoms with Gasteiger partial charge >= 0.3 is 12.1 Å². The predicted molar refractivity (Wildman–Crippen MR) is 97.2 cm³/mol. The Balaban J connectivity index is 1.50. The average Bonchev–Trinajstić information content (AvgIpc) is 3.18. The molecule has 1 aromatic carbocycles. The second-order valence-corrected chi connectivity index (χ2v) is 6.51. The van der Waals surface area contributed by atoms with E-state index >= 15 is 0 Å². The van der Waals surface area contributed by atoms with Crippen LogP contribution in [0.1, 0.15) is 12.0 Å². The number of amides is 3. The van der Waals surface area contributed by atoms with Crippen molar-refractivity contribution in [3.05, 3.63) is 42.5 Å². The molecule has 0 unspecified atom stereocenters. The minimum absolute atomic E-state index is 0.0622. The van der Waals surface area contributed by atoms with Gasteiger partial charge in [0, 0.05) is 19.6 Å². The van der Waals surface area contributed by atoms with Gasteiger partial charge in [-0.1, -0.05) is 18.2 Å². The topological polar surface area (TPSA) is 71.1 Å². The van der Waals surface area contributed by atoms with Crippen molar-refractivity contribution in [2.24, 2.45) is 0 Å². The predicted octanol–water partition coefficient (Wildman–Crippen LogP) is 2.03. The highest BCUT2D eigenvalue weighted by Gasteiger charge is 2.48. The molecule has 1 aromatic rings. The molecule has 0 spiro atoms. The van der Waals surface area contributed by atoms with Gasteiger partial charge in [0.1, 0.15) is 11.9 Å². The molecule has 26 heavy (non-hydrogen) atoms. The Morgan fingerprint density at radius 1 is 1.38 bits per heavy atom. The molecule has 0 aliphatic carbocycles. The zero-order valence-corrected chi connectivity index (χ0v) is 15.0. The van der Waals surface area contributed by atoms with Crippen molar-refractivity contribution in [2.75, 3.05) is 33.3 Å². The van der Waals surface area contributed by atoms with Gasteiger partial charge in [-0.3, -0.25) is 4.90 Å². The normalized spacial score (nSPS) is 21.3. The van der Waals surface area contributed by atoms with Crippen LogP contribution in [0.15, 0.2) is 36.9 Å². The number of rotatable bonds is 7. The molecule has 2 fully saturated rings. The third-order valence-electron chi connectivity index (χ3n) is 4.83. The highest BCUT2D eigenvalue weighted by atomic mass is 16.6. The molecule has 7 nitrogen and oxygen atoms in total. The highest BCUT2D eigenvalue weighted by molar-refractivity contribution is 5.76. The number of hydrogen-bond donors (Lipinski definition) is 1. The molecule has 7 heteroatoms. The van der Waals surface area contributed by atoms with E-state index in [1.807, 2.05) is 24.3 Å². The van der Waals surface area contributed by atoms with Crippen LogP contribution in [0.3, 0.4) is 0 Å². The highest BCUT2D eigenvalue weighted by Crippen LogP contribution is 2.27. The van der Waals surface area contributed by atoms with Gasteiger partial charge in [0.05, 0.1) is 19.7 Å². The molecular formula is C19H25N3O4. The lowest BCUT2D eigenvalue weighted by Crippen LogP contribution is -2.43. The fourth-order valence-electron chi connectivity index (χ4n) is 3.44. The van der Waals surface area contributed by atoms with E-state index in [-0.39, 0.29) is 24.3 Å². The summed E-state index contributed by atoms with van der Waals surface area (Å²) in [6.45, 7) is 5.58. The molecule has 140 valence electrons. The van der Waals surface area contributed by atoms with Gasteiger partial charge in [-0.2, -0.15) is 0 Å². The van der Waals surface area contributed by atoms with Crippen LogP contribution in [0.2, 0.25) is 0 Å². The summed E-state index contributed by atoms with van der Waals surface area (Å²) >= 11 is 0. The fourth-order valence-corrected chi connectivity index (χ4v) is 3.44. The SMILES string of the molecule is C=CCNC(=O)N1C[C@@H]2OC(=O)N(CCCc3ccc(OC)cc3)[C@@H]2C1. The summed E-state index contributed by atoms with van der Waals surface area (Å²) in [5.41, 5.74) is 1.20. The van der Waals surface area contributed by atoms with Crippen LogP contribution in [0, 0.1) is 0 Å². The molecule has 2 heterocycles. The third kappa shape index (κ3) is 3.92. The molecule has 0 radical (unpaired) electrons. The summed E-state index contributed by atoms with van der Waals surface area (Å²) in [5.74, 6) is 0.834. The molecule has 3 amide bonds. The Labute approximate surface area is 153 Å². The first kappa shape index (κ1) is 18.1. The van der Waals surface area contributed by atoms with E-state index in [1.54, 1.807) is 23.0 Å². The molecule has 2 aliphatic heterocycles. The lowest BCUT2D eigenvalue weighted by molar-refractivity contribution is 0.123. The average molecular weight is 359 g/mol. The van der Waals surface area contributed by atoms with Gasteiger partial charge in [-0.25, -0.2) is 9.59 Å². The van der Waals surface area contributed by atoms with Gasteiger partial charge < -0.3 is 19.7 Å². The standard InChI is InChI=1S/C19H25N3O4/c1-3-10-20-18(23)21-12-16-17(13-21)26-19(24)22(16)11-4-5-14-6-8-15(25-2)9-7-14/h3,6-9,16-17H,1,4-5,10-13H2,2H3,(H,20,23)/t16-,17+/m1/s1. The Hall–Kier alpha value is -2.70. The Bertz CT molecular complexity index is 661. The third-order valence-corrected chi connectivity index (χ3v) is 4.83. The van der Waals surface area contributed by atoms with Gasteiger partial charge in [-0.15, -0.1) is 6.58 Å². The van der Waals surface area contributed by atoms with Crippen LogP contribution in [-0.4, -0.2) is 67.4 Å². The van der Waals surface area contributed by atoms with Crippen LogP contribution in [0.5, 0.6) is 5.75 Å². The number of benzene rings is 1. The van der Waals surface area contributed by atoms with E-state index in [0.717, 1.165) is 18.6 Å². The minimum Gasteiger partial charge on any atom is -0.497 e. The first-order valence-corrected chi connectivity index (χ1v) is 8.86. The monoisotopic (exact) mass is 359 g/mol. The number of carbonyl (C=O) groups is 2. The molecule has 0 bridgehead atoms. The second kappa shape index (κ2) is 8.12. The number of nitrogens with one attached hydrogen (secondary N) is 1. The van der Waals surface area contributed by atoms with Crippen LogP contribution >= 0.6 is 0 Å². The summed E-state index contributed by atoms with van der Waals surface area (Å²) in [6, 6.07) is 7.73. The number of fused-ring (bicyclic) bond motifs is 1. The minimum atomic E-state index is -0.277. The Morgan fingerprint density at radius 3 is 2.85 bits per heavy atom. The maximum Gasteiger partial charge on any atom is 0.410 e. The number of urea groups is 1. The van der Waals surface area contributed by atoms with E-state index < -0.39 is 0 Å². The van der Waals surface area contributed by atoms with Crippen molar-refractivity contribution in [2.45, 2.75) is 25.0 Å². The number of likely N-dealkylation sites (tertiary alicyclic amines) is 1. The summed E-state index contributed by atoms with van der Waals surface area (Å²) in [4.78, 5) is 27.6. The molecule has 0 saturated carbocycles. The maximum atomic E-state index is 12.1. The van der Waals surface area contributed by atoms with Crippen molar-refractivity contribution in [3.8, 4) is 5.75 Å². The van der Waals surface area contributed by atoms with Crippen LogP contribution in [0.25, 0.3) is 0 Å². The molecule has 2 atom stereocenters. The zero-order chi connectivity index (χ0) is 18.5. The smallest absolute Gasteiger partial charge is 0.410 e. The molecule has 1 N–H and O–H groups in total. The van der Waals surface area contributed by atoms with E-state index in [1.165, 1.54) is 5.56 Å². The first-order valence-electron chi connectivity index (χ1n) is 8.86. The van der Waals surface area contributed by atoms with Gasteiger partial charge in [0.2, 0.25) is 0 Å². The van der Waals surface area contributed by atoms with Crippen LogP contribution in [0.4, 0.5) is 9.59 Å². The summed E-state index contributed by atoms with van der Waals surface area (Å²) < 4.78 is 10.6. The zero-order valence-electron chi connectivity index (χ0n) is 15.0. The van der Waals surface area contributed by atoms with Crippen LogP contribution < -0.4 is 10.1 Å².